The molecule has 1 aliphatic heterocycles. The lowest BCUT2D eigenvalue weighted by molar-refractivity contribution is -0.389. The SMILES string of the molecule is CC1CN(c2nc3sccn3c2[N+](=O)[O-])CCC1N. The highest BCUT2D eigenvalue weighted by Gasteiger charge is 2.32. The van der Waals surface area contributed by atoms with Crippen molar-refractivity contribution in [3.63, 3.8) is 0 Å². The first-order valence-electron chi connectivity index (χ1n) is 6.18. The number of hydrogen-bond acceptors (Lipinski definition) is 6. The Morgan fingerprint density at radius 1 is 1.63 bits per heavy atom. The van der Waals surface area contributed by atoms with E-state index in [9.17, 15) is 10.1 Å². The molecule has 3 rings (SSSR count). The van der Waals surface area contributed by atoms with Crippen LogP contribution >= 0.6 is 11.3 Å². The number of rotatable bonds is 2. The molecule has 102 valence electrons. The molecule has 2 atom stereocenters. The number of fused-ring (bicyclic) bond motifs is 1. The van der Waals surface area contributed by atoms with Gasteiger partial charge in [-0.3, -0.25) is 0 Å². The number of anilines is 1. The van der Waals surface area contributed by atoms with Crippen molar-refractivity contribution in [3.05, 3.63) is 21.7 Å². The van der Waals surface area contributed by atoms with Gasteiger partial charge in [0.15, 0.2) is 0 Å². The average Bonchev–Trinajstić information content (AvgIpc) is 2.91. The smallest absolute Gasteiger partial charge is 0.358 e. The predicted molar refractivity (Wildman–Crippen MR) is 73.7 cm³/mol. The lowest BCUT2D eigenvalue weighted by Crippen LogP contribution is -2.46. The molecule has 1 fully saturated rings. The minimum atomic E-state index is -0.360. The fraction of sp³-hybridized carbons (Fsp3) is 0.545. The van der Waals surface area contributed by atoms with E-state index in [-0.39, 0.29) is 16.8 Å². The van der Waals surface area contributed by atoms with Gasteiger partial charge in [0.25, 0.3) is 4.96 Å². The summed E-state index contributed by atoms with van der Waals surface area (Å²) in [6, 6.07) is 0.166. The number of piperidine rings is 1. The van der Waals surface area contributed by atoms with Crippen molar-refractivity contribution in [1.82, 2.24) is 9.38 Å². The van der Waals surface area contributed by atoms with Crippen molar-refractivity contribution in [1.29, 1.82) is 0 Å². The van der Waals surface area contributed by atoms with Gasteiger partial charge >= 0.3 is 5.82 Å². The molecule has 0 amide bonds. The van der Waals surface area contributed by atoms with E-state index in [0.29, 0.717) is 23.2 Å². The quantitative estimate of drug-likeness (QED) is 0.665. The highest BCUT2D eigenvalue weighted by Crippen LogP contribution is 2.33. The maximum Gasteiger partial charge on any atom is 0.373 e. The summed E-state index contributed by atoms with van der Waals surface area (Å²) < 4.78 is 1.54. The van der Waals surface area contributed by atoms with Gasteiger partial charge in [-0.05, 0) is 17.3 Å². The molecular formula is C11H15N5O2S. The van der Waals surface area contributed by atoms with Gasteiger partial charge in [0.2, 0.25) is 5.82 Å². The minimum Gasteiger partial charge on any atom is -0.358 e. The van der Waals surface area contributed by atoms with Crippen LogP contribution in [0.5, 0.6) is 0 Å². The molecule has 7 nitrogen and oxygen atoms in total. The van der Waals surface area contributed by atoms with Gasteiger partial charge in [0.05, 0.1) is 0 Å². The molecule has 0 radical (unpaired) electrons. The van der Waals surface area contributed by atoms with Crippen LogP contribution in [0.25, 0.3) is 4.96 Å². The van der Waals surface area contributed by atoms with Crippen LogP contribution in [0.3, 0.4) is 0 Å². The fourth-order valence-corrected chi connectivity index (χ4v) is 3.20. The van der Waals surface area contributed by atoms with Crippen LogP contribution in [0.1, 0.15) is 13.3 Å². The van der Waals surface area contributed by atoms with Gasteiger partial charge in [-0.2, -0.15) is 9.38 Å². The van der Waals surface area contributed by atoms with Gasteiger partial charge in [0.1, 0.15) is 6.20 Å². The first-order chi connectivity index (χ1) is 9.08. The van der Waals surface area contributed by atoms with E-state index in [2.05, 4.69) is 11.9 Å². The summed E-state index contributed by atoms with van der Waals surface area (Å²) in [4.78, 5) is 18.0. The van der Waals surface area contributed by atoms with Crippen molar-refractivity contribution in [3.8, 4) is 0 Å². The van der Waals surface area contributed by atoms with Gasteiger partial charge in [0, 0.05) is 24.5 Å². The van der Waals surface area contributed by atoms with Gasteiger partial charge in [-0.1, -0.05) is 18.3 Å². The molecule has 1 aliphatic rings. The zero-order valence-electron chi connectivity index (χ0n) is 10.5. The van der Waals surface area contributed by atoms with Gasteiger partial charge < -0.3 is 20.7 Å². The Morgan fingerprint density at radius 3 is 3.11 bits per heavy atom. The first-order valence-corrected chi connectivity index (χ1v) is 7.06. The average molecular weight is 281 g/mol. The standard InChI is InChI=1S/C11H15N5O2S/c1-7-6-14(3-2-8(7)12)9-10(16(17)18)15-4-5-19-11(15)13-9/h4-5,7-8H,2-3,6,12H2,1H3. The molecule has 0 bridgehead atoms. The summed E-state index contributed by atoms with van der Waals surface area (Å²) in [5.74, 6) is 0.836. The van der Waals surface area contributed by atoms with Crippen molar-refractivity contribution in [2.24, 2.45) is 11.7 Å². The number of thiazole rings is 1. The summed E-state index contributed by atoms with van der Waals surface area (Å²) in [7, 11) is 0. The third-order valence-electron chi connectivity index (χ3n) is 3.66. The number of aromatic nitrogens is 2. The molecule has 2 aromatic rings. The first kappa shape index (κ1) is 12.4. The highest BCUT2D eigenvalue weighted by atomic mass is 32.1. The van der Waals surface area contributed by atoms with Crippen molar-refractivity contribution < 1.29 is 4.92 Å². The van der Waals surface area contributed by atoms with E-state index in [0.717, 1.165) is 13.0 Å². The Morgan fingerprint density at radius 2 is 2.42 bits per heavy atom. The van der Waals surface area contributed by atoms with Gasteiger partial charge in [-0.15, -0.1) is 0 Å². The number of nitrogens with two attached hydrogens (primary N) is 1. The molecular weight excluding hydrogens is 266 g/mol. The maximum absolute atomic E-state index is 11.3. The molecule has 2 unspecified atom stereocenters. The number of nitrogens with zero attached hydrogens (tertiary/aromatic N) is 4. The second kappa shape index (κ2) is 4.46. The summed E-state index contributed by atoms with van der Waals surface area (Å²) in [6.45, 7) is 3.51. The normalized spacial score (nSPS) is 24.0. The number of imidazole rings is 1. The zero-order valence-corrected chi connectivity index (χ0v) is 11.3. The third-order valence-corrected chi connectivity index (χ3v) is 4.42. The van der Waals surface area contributed by atoms with Crippen LogP contribution < -0.4 is 10.6 Å². The zero-order chi connectivity index (χ0) is 13.6. The molecule has 1 saturated heterocycles. The highest BCUT2D eigenvalue weighted by molar-refractivity contribution is 7.15. The van der Waals surface area contributed by atoms with E-state index >= 15 is 0 Å². The Labute approximate surface area is 113 Å². The molecule has 2 aromatic heterocycles. The summed E-state index contributed by atoms with van der Waals surface area (Å²) in [5, 5.41) is 13.1. The third kappa shape index (κ3) is 1.96. The van der Waals surface area contributed by atoms with E-state index in [1.54, 1.807) is 16.0 Å². The summed E-state index contributed by atoms with van der Waals surface area (Å²) in [6.07, 6.45) is 2.53. The molecule has 0 aromatic carbocycles. The second-order valence-electron chi connectivity index (χ2n) is 4.95. The number of hydrogen-bond donors (Lipinski definition) is 1. The Bertz CT molecular complexity index is 622. The summed E-state index contributed by atoms with van der Waals surface area (Å²) in [5.41, 5.74) is 5.99. The van der Waals surface area contributed by atoms with Gasteiger partial charge in [-0.25, -0.2) is 0 Å². The fourth-order valence-electron chi connectivity index (χ4n) is 2.50. The van der Waals surface area contributed by atoms with Crippen LogP contribution in [-0.2, 0) is 0 Å². The minimum absolute atomic E-state index is 0.0546. The largest absolute Gasteiger partial charge is 0.373 e. The predicted octanol–water partition coefficient (Wildman–Crippen LogP) is 1.48. The van der Waals surface area contributed by atoms with Crippen LogP contribution in [0.15, 0.2) is 11.6 Å². The number of nitro groups is 1. The lowest BCUT2D eigenvalue weighted by Gasteiger charge is -2.34. The summed E-state index contributed by atoms with van der Waals surface area (Å²) >= 11 is 1.40. The molecule has 2 N–H and O–H groups in total. The van der Waals surface area contributed by atoms with E-state index in [1.165, 1.54) is 11.3 Å². The maximum atomic E-state index is 11.3. The van der Waals surface area contributed by atoms with E-state index in [4.69, 9.17) is 5.73 Å². The molecule has 8 heteroatoms. The Balaban J connectivity index is 2.02. The topological polar surface area (TPSA) is 89.7 Å². The molecule has 19 heavy (non-hydrogen) atoms. The van der Waals surface area contributed by atoms with Crippen LogP contribution in [0.4, 0.5) is 11.6 Å². The Kier molecular flexibility index (Phi) is 2.90. The molecule has 0 spiro atoms. The molecule has 3 heterocycles. The monoisotopic (exact) mass is 281 g/mol. The van der Waals surface area contributed by atoms with Crippen molar-refractivity contribution in [2.45, 2.75) is 19.4 Å². The van der Waals surface area contributed by atoms with Crippen molar-refractivity contribution in [2.75, 3.05) is 18.0 Å². The van der Waals surface area contributed by atoms with E-state index in [1.807, 2.05) is 4.90 Å². The Hall–Kier alpha value is -1.67. The molecule has 0 saturated carbocycles. The second-order valence-corrected chi connectivity index (χ2v) is 5.82. The van der Waals surface area contributed by atoms with Crippen LogP contribution in [-0.4, -0.2) is 33.4 Å². The van der Waals surface area contributed by atoms with E-state index < -0.39 is 0 Å². The van der Waals surface area contributed by atoms with Crippen LogP contribution in [0, 0.1) is 16.0 Å². The lowest BCUT2D eigenvalue weighted by atomic mass is 9.95. The van der Waals surface area contributed by atoms with Crippen molar-refractivity contribution >= 4 is 27.9 Å². The van der Waals surface area contributed by atoms with Crippen LogP contribution in [0.2, 0.25) is 0 Å². The molecule has 0 aliphatic carbocycles.